The van der Waals surface area contributed by atoms with Crippen molar-refractivity contribution in [2.45, 2.75) is 11.0 Å². The molecule has 2 rings (SSSR count). The highest BCUT2D eigenvalue weighted by atomic mass is 32.2. The van der Waals surface area contributed by atoms with Crippen molar-refractivity contribution in [2.24, 2.45) is 0 Å². The van der Waals surface area contributed by atoms with Gasteiger partial charge in [-0.2, -0.15) is 0 Å². The molecule has 140 valence electrons. The number of nitrogens with one attached hydrogen (secondary N) is 1. The largest absolute Gasteiger partial charge is 0.497 e. The van der Waals surface area contributed by atoms with Crippen LogP contribution in [-0.2, 0) is 10.0 Å². The van der Waals surface area contributed by atoms with Crippen LogP contribution in [0.1, 0.15) is 22.0 Å². The lowest BCUT2D eigenvalue weighted by Gasteiger charge is -2.14. The van der Waals surface area contributed by atoms with Crippen molar-refractivity contribution in [2.75, 3.05) is 27.7 Å². The van der Waals surface area contributed by atoms with E-state index in [4.69, 9.17) is 4.74 Å². The van der Waals surface area contributed by atoms with Crippen molar-refractivity contribution in [3.63, 3.8) is 0 Å². The number of nitrogens with zero attached hydrogens (tertiary/aromatic N) is 1. The van der Waals surface area contributed by atoms with Crippen molar-refractivity contribution in [3.05, 3.63) is 59.7 Å². The van der Waals surface area contributed by atoms with Crippen LogP contribution in [0.3, 0.4) is 0 Å². The molecule has 0 aromatic heterocycles. The lowest BCUT2D eigenvalue weighted by atomic mass is 10.1. The minimum atomic E-state index is -3.62. The van der Waals surface area contributed by atoms with Crippen LogP contribution in [-0.4, -0.2) is 51.5 Å². The van der Waals surface area contributed by atoms with Gasteiger partial charge in [0.25, 0.3) is 5.91 Å². The molecule has 0 saturated carbocycles. The van der Waals surface area contributed by atoms with E-state index in [9.17, 15) is 18.3 Å². The van der Waals surface area contributed by atoms with Gasteiger partial charge in [-0.1, -0.05) is 18.2 Å². The standard InChI is InChI=1S/C18H22N2O5S/c1-20(2)26(23,24)16-6-4-5-14(11-16)18(22)19-12-17(21)13-7-9-15(25-3)10-8-13/h4-11,17,21H,12H2,1-3H3,(H,19,22). The van der Waals surface area contributed by atoms with Crippen LogP contribution in [0, 0.1) is 0 Å². The fourth-order valence-corrected chi connectivity index (χ4v) is 3.19. The number of carbonyl (C=O) groups excluding carboxylic acids is 1. The molecule has 0 radical (unpaired) electrons. The molecule has 1 amide bonds. The number of carbonyl (C=O) groups is 1. The van der Waals surface area contributed by atoms with Crippen LogP contribution in [0.2, 0.25) is 0 Å². The SMILES string of the molecule is COc1ccc(C(O)CNC(=O)c2cccc(S(=O)(=O)N(C)C)c2)cc1. The number of rotatable bonds is 7. The van der Waals surface area contributed by atoms with Gasteiger partial charge in [-0.15, -0.1) is 0 Å². The number of methoxy groups -OCH3 is 1. The lowest BCUT2D eigenvalue weighted by molar-refractivity contribution is 0.0916. The first-order valence-corrected chi connectivity index (χ1v) is 9.32. The van der Waals surface area contributed by atoms with Gasteiger partial charge in [0, 0.05) is 26.2 Å². The molecule has 0 bridgehead atoms. The van der Waals surface area contributed by atoms with Crippen molar-refractivity contribution in [1.29, 1.82) is 0 Å². The van der Waals surface area contributed by atoms with E-state index >= 15 is 0 Å². The maximum absolute atomic E-state index is 12.3. The summed E-state index contributed by atoms with van der Waals surface area (Å²) in [5, 5.41) is 12.8. The summed E-state index contributed by atoms with van der Waals surface area (Å²) < 4.78 is 30.4. The smallest absolute Gasteiger partial charge is 0.251 e. The normalized spacial score (nSPS) is 12.7. The first-order valence-electron chi connectivity index (χ1n) is 7.88. The molecule has 0 fully saturated rings. The minimum Gasteiger partial charge on any atom is -0.497 e. The number of aliphatic hydroxyl groups is 1. The van der Waals surface area contributed by atoms with E-state index in [1.165, 1.54) is 38.4 Å². The molecule has 1 unspecified atom stereocenters. The van der Waals surface area contributed by atoms with E-state index in [-0.39, 0.29) is 17.0 Å². The molecule has 0 aliphatic heterocycles. The molecule has 0 spiro atoms. The molecule has 26 heavy (non-hydrogen) atoms. The van der Waals surface area contributed by atoms with Gasteiger partial charge >= 0.3 is 0 Å². The summed E-state index contributed by atoms with van der Waals surface area (Å²) in [6.07, 6.45) is -0.890. The molecule has 0 saturated heterocycles. The third kappa shape index (κ3) is 4.60. The number of hydrogen-bond acceptors (Lipinski definition) is 5. The zero-order valence-electron chi connectivity index (χ0n) is 14.8. The van der Waals surface area contributed by atoms with Crippen molar-refractivity contribution in [1.82, 2.24) is 9.62 Å². The van der Waals surface area contributed by atoms with Crippen LogP contribution >= 0.6 is 0 Å². The van der Waals surface area contributed by atoms with Gasteiger partial charge in [0.05, 0.1) is 18.1 Å². The molecule has 0 aliphatic rings. The summed E-state index contributed by atoms with van der Waals surface area (Å²) in [4.78, 5) is 12.3. The number of amides is 1. The highest BCUT2D eigenvalue weighted by Crippen LogP contribution is 2.18. The monoisotopic (exact) mass is 378 g/mol. The predicted molar refractivity (Wildman–Crippen MR) is 97.6 cm³/mol. The molecule has 8 heteroatoms. The second-order valence-electron chi connectivity index (χ2n) is 5.81. The van der Waals surface area contributed by atoms with Gasteiger partial charge in [0.15, 0.2) is 0 Å². The fraction of sp³-hybridized carbons (Fsp3) is 0.278. The Labute approximate surface area is 153 Å². The predicted octanol–water partition coefficient (Wildman–Crippen LogP) is 1.41. The quantitative estimate of drug-likeness (QED) is 0.759. The minimum absolute atomic E-state index is 0.00415. The lowest BCUT2D eigenvalue weighted by Crippen LogP contribution is -2.29. The Morgan fingerprint density at radius 3 is 2.42 bits per heavy atom. The number of hydrogen-bond donors (Lipinski definition) is 2. The average Bonchev–Trinajstić information content (AvgIpc) is 2.65. The molecular formula is C18H22N2O5S. The van der Waals surface area contributed by atoms with E-state index < -0.39 is 22.0 Å². The Hall–Kier alpha value is -2.42. The molecular weight excluding hydrogens is 356 g/mol. The van der Waals surface area contributed by atoms with Crippen molar-refractivity contribution < 1.29 is 23.1 Å². The van der Waals surface area contributed by atoms with Crippen LogP contribution in [0.25, 0.3) is 0 Å². The Kier molecular flexibility index (Phi) is 6.36. The number of aliphatic hydroxyl groups excluding tert-OH is 1. The van der Waals surface area contributed by atoms with Crippen LogP contribution in [0.5, 0.6) is 5.75 Å². The van der Waals surface area contributed by atoms with Gasteiger partial charge in [-0.05, 0) is 35.9 Å². The van der Waals surface area contributed by atoms with Crippen LogP contribution < -0.4 is 10.1 Å². The van der Waals surface area contributed by atoms with E-state index in [1.54, 1.807) is 31.4 Å². The second-order valence-corrected chi connectivity index (χ2v) is 7.97. The average molecular weight is 378 g/mol. The van der Waals surface area contributed by atoms with E-state index in [0.29, 0.717) is 11.3 Å². The Morgan fingerprint density at radius 2 is 1.85 bits per heavy atom. The van der Waals surface area contributed by atoms with Crippen molar-refractivity contribution >= 4 is 15.9 Å². The highest BCUT2D eigenvalue weighted by molar-refractivity contribution is 7.89. The molecule has 2 aromatic rings. The van der Waals surface area contributed by atoms with E-state index in [1.807, 2.05) is 0 Å². The summed E-state index contributed by atoms with van der Waals surface area (Å²) in [7, 11) is 0.778. The molecule has 0 heterocycles. The third-order valence-corrected chi connectivity index (χ3v) is 5.64. The molecule has 1 atom stereocenters. The summed E-state index contributed by atoms with van der Waals surface area (Å²) in [6, 6.07) is 12.6. The summed E-state index contributed by atoms with van der Waals surface area (Å²) in [5.41, 5.74) is 0.838. The second kappa shape index (κ2) is 8.31. The van der Waals surface area contributed by atoms with E-state index in [0.717, 1.165) is 4.31 Å². The first kappa shape index (κ1) is 19.9. The fourth-order valence-electron chi connectivity index (χ4n) is 2.24. The third-order valence-electron chi connectivity index (χ3n) is 3.83. The van der Waals surface area contributed by atoms with Gasteiger partial charge in [0.2, 0.25) is 10.0 Å². The maximum atomic E-state index is 12.3. The summed E-state index contributed by atoms with van der Waals surface area (Å²) in [6.45, 7) is -0.00415. The zero-order valence-corrected chi connectivity index (χ0v) is 15.7. The molecule has 2 aromatic carbocycles. The maximum Gasteiger partial charge on any atom is 0.251 e. The van der Waals surface area contributed by atoms with Crippen LogP contribution in [0.15, 0.2) is 53.4 Å². The molecule has 2 N–H and O–H groups in total. The molecule has 7 nitrogen and oxygen atoms in total. The van der Waals surface area contributed by atoms with Gasteiger partial charge in [-0.3, -0.25) is 4.79 Å². The molecule has 0 aliphatic carbocycles. The highest BCUT2D eigenvalue weighted by Gasteiger charge is 2.19. The summed E-state index contributed by atoms with van der Waals surface area (Å²) in [5.74, 6) is 0.206. The number of benzene rings is 2. The van der Waals surface area contributed by atoms with Crippen molar-refractivity contribution in [3.8, 4) is 5.75 Å². The van der Waals surface area contributed by atoms with Gasteiger partial charge < -0.3 is 15.2 Å². The van der Waals surface area contributed by atoms with Crippen LogP contribution in [0.4, 0.5) is 0 Å². The zero-order chi connectivity index (χ0) is 19.3. The number of sulfonamides is 1. The van der Waals surface area contributed by atoms with Gasteiger partial charge in [0.1, 0.15) is 5.75 Å². The summed E-state index contributed by atoms with van der Waals surface area (Å²) >= 11 is 0. The Balaban J connectivity index is 2.05. The Bertz CT molecular complexity index is 863. The first-order chi connectivity index (χ1) is 12.3. The Morgan fingerprint density at radius 1 is 1.19 bits per heavy atom. The van der Waals surface area contributed by atoms with Gasteiger partial charge in [-0.25, -0.2) is 12.7 Å². The number of ether oxygens (including phenoxy) is 1. The topological polar surface area (TPSA) is 95.9 Å². The van der Waals surface area contributed by atoms with E-state index in [2.05, 4.69) is 5.32 Å².